The molecule has 0 aliphatic rings. The van der Waals surface area contributed by atoms with Gasteiger partial charge in [-0.2, -0.15) is 0 Å². The van der Waals surface area contributed by atoms with Crippen LogP contribution in [0.15, 0.2) is 46.8 Å². The summed E-state index contributed by atoms with van der Waals surface area (Å²) in [5.41, 5.74) is 1.32. The molecule has 0 unspecified atom stereocenters. The minimum absolute atomic E-state index is 0.125. The normalized spacial score (nSPS) is 10.8. The Balaban J connectivity index is 2.24. The predicted molar refractivity (Wildman–Crippen MR) is 64.7 cm³/mol. The third kappa shape index (κ3) is 2.32. The number of hydrogen-bond acceptors (Lipinski definition) is 4. The average Bonchev–Trinajstić information content (AvgIpc) is 2.76. The van der Waals surface area contributed by atoms with Gasteiger partial charge in [-0.1, -0.05) is 29.5 Å². The Morgan fingerprint density at radius 1 is 1.25 bits per heavy atom. The van der Waals surface area contributed by atoms with E-state index in [9.17, 15) is 10.1 Å². The van der Waals surface area contributed by atoms with Crippen molar-refractivity contribution in [3.8, 4) is 0 Å². The van der Waals surface area contributed by atoms with Crippen LogP contribution in [-0.4, -0.2) is 11.1 Å². The van der Waals surface area contributed by atoms with Crippen LogP contribution in [0.3, 0.4) is 0 Å². The number of para-hydroxylation sites is 1. The summed E-state index contributed by atoms with van der Waals surface area (Å²) in [5, 5.41) is 12.5. The van der Waals surface area contributed by atoms with E-state index in [1.807, 2.05) is 30.3 Å². The quantitative estimate of drug-likeness (QED) is 0.462. The SMILES string of the molecule is O=[N+]([O-])c1sccc1C=Nc1ccccc1. The van der Waals surface area contributed by atoms with Gasteiger partial charge < -0.3 is 0 Å². The molecule has 1 heterocycles. The van der Waals surface area contributed by atoms with Gasteiger partial charge in [0.15, 0.2) is 0 Å². The van der Waals surface area contributed by atoms with Crippen molar-refractivity contribution >= 4 is 28.2 Å². The van der Waals surface area contributed by atoms with E-state index in [2.05, 4.69) is 4.99 Å². The predicted octanol–water partition coefficient (Wildman–Crippen LogP) is 3.41. The number of rotatable bonds is 3. The summed E-state index contributed by atoms with van der Waals surface area (Å²) in [6, 6.07) is 11.0. The molecule has 0 radical (unpaired) electrons. The molecule has 0 amide bonds. The molecule has 0 bridgehead atoms. The van der Waals surface area contributed by atoms with Gasteiger partial charge in [0.05, 0.1) is 16.2 Å². The zero-order valence-corrected chi connectivity index (χ0v) is 9.05. The maximum Gasteiger partial charge on any atom is 0.332 e. The van der Waals surface area contributed by atoms with E-state index < -0.39 is 4.92 Å². The van der Waals surface area contributed by atoms with E-state index in [-0.39, 0.29) is 5.00 Å². The molecule has 0 aliphatic carbocycles. The maximum atomic E-state index is 10.6. The highest BCUT2D eigenvalue weighted by atomic mass is 32.1. The Kier molecular flexibility index (Phi) is 3.07. The number of aliphatic imine (C=N–C) groups is 1. The summed E-state index contributed by atoms with van der Waals surface area (Å²) < 4.78 is 0. The number of hydrogen-bond donors (Lipinski definition) is 0. The van der Waals surface area contributed by atoms with Gasteiger partial charge in [-0.15, -0.1) is 0 Å². The topological polar surface area (TPSA) is 55.5 Å². The lowest BCUT2D eigenvalue weighted by atomic mass is 10.3. The molecule has 0 spiro atoms. The van der Waals surface area contributed by atoms with E-state index in [1.54, 1.807) is 11.4 Å². The van der Waals surface area contributed by atoms with Gasteiger partial charge in [0, 0.05) is 6.21 Å². The van der Waals surface area contributed by atoms with Crippen LogP contribution in [0.25, 0.3) is 0 Å². The van der Waals surface area contributed by atoms with Gasteiger partial charge in [0.1, 0.15) is 0 Å². The third-order valence-corrected chi connectivity index (χ3v) is 2.83. The third-order valence-electron chi connectivity index (χ3n) is 1.95. The molecule has 0 aliphatic heterocycles. The number of thiophene rings is 1. The highest BCUT2D eigenvalue weighted by Gasteiger charge is 2.12. The molecule has 2 aromatic rings. The van der Waals surface area contributed by atoms with Crippen molar-refractivity contribution in [3.63, 3.8) is 0 Å². The summed E-state index contributed by atoms with van der Waals surface area (Å²) in [6.45, 7) is 0. The summed E-state index contributed by atoms with van der Waals surface area (Å²) in [4.78, 5) is 14.4. The van der Waals surface area contributed by atoms with Crippen molar-refractivity contribution in [1.29, 1.82) is 0 Å². The lowest BCUT2D eigenvalue weighted by molar-refractivity contribution is -0.380. The summed E-state index contributed by atoms with van der Waals surface area (Å²) in [6.07, 6.45) is 1.52. The number of nitrogens with zero attached hydrogens (tertiary/aromatic N) is 2. The van der Waals surface area contributed by atoms with Gasteiger partial charge in [-0.05, 0) is 23.6 Å². The molecule has 0 fully saturated rings. The zero-order chi connectivity index (χ0) is 11.4. The van der Waals surface area contributed by atoms with Crippen LogP contribution in [0.5, 0.6) is 0 Å². The van der Waals surface area contributed by atoms with Crippen LogP contribution >= 0.6 is 11.3 Å². The van der Waals surface area contributed by atoms with Crippen molar-refractivity contribution in [2.24, 2.45) is 4.99 Å². The van der Waals surface area contributed by atoms with E-state index in [0.717, 1.165) is 17.0 Å². The second-order valence-corrected chi connectivity index (χ2v) is 3.93. The van der Waals surface area contributed by atoms with Crippen molar-refractivity contribution in [2.75, 3.05) is 0 Å². The Hall–Kier alpha value is -2.01. The summed E-state index contributed by atoms with van der Waals surface area (Å²) in [5.74, 6) is 0. The van der Waals surface area contributed by atoms with E-state index in [1.165, 1.54) is 6.21 Å². The van der Waals surface area contributed by atoms with Crippen LogP contribution in [0.1, 0.15) is 5.56 Å². The van der Waals surface area contributed by atoms with Gasteiger partial charge in [0.2, 0.25) is 0 Å². The molecule has 0 atom stereocenters. The molecular formula is C11H8N2O2S. The fraction of sp³-hybridized carbons (Fsp3) is 0. The van der Waals surface area contributed by atoms with Crippen molar-refractivity contribution in [1.82, 2.24) is 0 Å². The first-order chi connectivity index (χ1) is 7.77. The smallest absolute Gasteiger partial charge is 0.258 e. The second-order valence-electron chi connectivity index (χ2n) is 3.03. The molecule has 0 saturated carbocycles. The van der Waals surface area contributed by atoms with Crippen molar-refractivity contribution in [3.05, 3.63) is 57.5 Å². The Morgan fingerprint density at radius 3 is 2.69 bits per heavy atom. The highest BCUT2D eigenvalue weighted by Crippen LogP contribution is 2.24. The van der Waals surface area contributed by atoms with Gasteiger partial charge in [-0.3, -0.25) is 15.1 Å². The first-order valence-electron chi connectivity index (χ1n) is 4.58. The molecule has 1 aromatic carbocycles. The number of nitro groups is 1. The minimum Gasteiger partial charge on any atom is -0.258 e. The Labute approximate surface area is 96.0 Å². The van der Waals surface area contributed by atoms with E-state index in [4.69, 9.17) is 0 Å². The summed E-state index contributed by atoms with van der Waals surface area (Å²) >= 11 is 1.10. The van der Waals surface area contributed by atoms with Crippen LogP contribution in [0, 0.1) is 10.1 Å². The fourth-order valence-electron chi connectivity index (χ4n) is 1.22. The lowest BCUT2D eigenvalue weighted by Gasteiger charge is -1.91. The monoisotopic (exact) mass is 232 g/mol. The molecule has 2 rings (SSSR count). The Morgan fingerprint density at radius 2 is 2.00 bits per heavy atom. The van der Waals surface area contributed by atoms with Gasteiger partial charge in [-0.25, -0.2) is 0 Å². The maximum absolute atomic E-state index is 10.6. The molecule has 5 heteroatoms. The van der Waals surface area contributed by atoms with Crippen LogP contribution in [-0.2, 0) is 0 Å². The van der Waals surface area contributed by atoms with Gasteiger partial charge in [0.25, 0.3) is 0 Å². The minimum atomic E-state index is -0.392. The first kappa shape index (κ1) is 10.5. The molecule has 1 aromatic heterocycles. The van der Waals surface area contributed by atoms with Crippen LogP contribution in [0.4, 0.5) is 10.7 Å². The molecule has 4 nitrogen and oxygen atoms in total. The molecule has 80 valence electrons. The lowest BCUT2D eigenvalue weighted by Crippen LogP contribution is -1.88. The second kappa shape index (κ2) is 4.67. The largest absolute Gasteiger partial charge is 0.332 e. The van der Waals surface area contributed by atoms with E-state index >= 15 is 0 Å². The standard InChI is InChI=1S/C11H8N2O2S/c14-13(15)11-9(6-7-16-11)8-12-10-4-2-1-3-5-10/h1-8H. The van der Waals surface area contributed by atoms with Crippen molar-refractivity contribution in [2.45, 2.75) is 0 Å². The first-order valence-corrected chi connectivity index (χ1v) is 5.46. The van der Waals surface area contributed by atoms with Gasteiger partial charge >= 0.3 is 5.00 Å². The zero-order valence-electron chi connectivity index (χ0n) is 8.24. The average molecular weight is 232 g/mol. The molecule has 16 heavy (non-hydrogen) atoms. The molecular weight excluding hydrogens is 224 g/mol. The van der Waals surface area contributed by atoms with E-state index in [0.29, 0.717) is 5.56 Å². The van der Waals surface area contributed by atoms with Crippen LogP contribution < -0.4 is 0 Å². The Bertz CT molecular complexity index is 520. The molecule has 0 N–H and O–H groups in total. The van der Waals surface area contributed by atoms with Crippen molar-refractivity contribution < 1.29 is 4.92 Å². The fourth-order valence-corrected chi connectivity index (χ4v) is 1.90. The number of benzene rings is 1. The molecule has 0 saturated heterocycles. The summed E-state index contributed by atoms with van der Waals surface area (Å²) in [7, 11) is 0. The highest BCUT2D eigenvalue weighted by molar-refractivity contribution is 7.13. The van der Waals surface area contributed by atoms with Crippen LogP contribution in [0.2, 0.25) is 0 Å².